The molecule has 0 radical (unpaired) electrons. The van der Waals surface area contributed by atoms with E-state index in [-0.39, 0.29) is 11.9 Å². The molecule has 3 heterocycles. The number of likely N-dealkylation sites (N-methyl/N-ethyl adjacent to an activating group) is 1. The molecule has 1 aromatic rings. The normalized spacial score (nSPS) is 30.4. The summed E-state index contributed by atoms with van der Waals surface area (Å²) in [6, 6.07) is 5.59. The number of hydrogen-bond acceptors (Lipinski definition) is 3. The van der Waals surface area contributed by atoms with Crippen molar-refractivity contribution in [3.63, 3.8) is 0 Å². The van der Waals surface area contributed by atoms with Crippen LogP contribution < -0.4 is 5.32 Å². The van der Waals surface area contributed by atoms with E-state index in [0.717, 1.165) is 32.7 Å². The van der Waals surface area contributed by atoms with Gasteiger partial charge in [-0.15, -0.1) is 0 Å². The summed E-state index contributed by atoms with van der Waals surface area (Å²) in [5.41, 5.74) is 0.631. The highest BCUT2D eigenvalue weighted by atomic mass is 35.5. The molecule has 0 aromatic heterocycles. The maximum absolute atomic E-state index is 14.0. The Morgan fingerprint density at radius 2 is 2.10 bits per heavy atom. The van der Waals surface area contributed by atoms with Crippen LogP contribution in [-0.4, -0.2) is 61.7 Å². The van der Waals surface area contributed by atoms with Crippen molar-refractivity contribution < 1.29 is 4.39 Å². The van der Waals surface area contributed by atoms with Gasteiger partial charge in [0.2, 0.25) is 0 Å². The Balaban J connectivity index is 1.77. The molecule has 1 aromatic carbocycles. The molecule has 2 bridgehead atoms. The first-order valence-electron chi connectivity index (χ1n) is 7.25. The second kappa shape index (κ2) is 5.98. The molecule has 20 heavy (non-hydrogen) atoms. The van der Waals surface area contributed by atoms with Crippen LogP contribution in [0.2, 0.25) is 5.02 Å². The van der Waals surface area contributed by atoms with Gasteiger partial charge in [0.25, 0.3) is 0 Å². The lowest BCUT2D eigenvalue weighted by molar-refractivity contribution is -0.00211. The second-order valence-corrected chi connectivity index (χ2v) is 6.11. The molecule has 2 atom stereocenters. The molecule has 0 aliphatic carbocycles. The molecule has 4 rings (SSSR count). The number of benzene rings is 1. The topological polar surface area (TPSA) is 18.5 Å². The van der Waals surface area contributed by atoms with E-state index in [1.807, 2.05) is 7.05 Å². The summed E-state index contributed by atoms with van der Waals surface area (Å²) in [4.78, 5) is 5.02. The third-order valence-electron chi connectivity index (χ3n) is 4.64. The number of nitrogens with zero attached hydrogens (tertiary/aromatic N) is 2. The molecule has 2 unspecified atom stereocenters. The van der Waals surface area contributed by atoms with E-state index < -0.39 is 0 Å². The van der Waals surface area contributed by atoms with E-state index in [1.165, 1.54) is 6.07 Å². The summed E-state index contributed by atoms with van der Waals surface area (Å²) in [5.74, 6) is -0.200. The lowest BCUT2D eigenvalue weighted by Crippen LogP contribution is -2.66. The van der Waals surface area contributed by atoms with Crippen LogP contribution in [0.3, 0.4) is 0 Å². The molecular weight excluding hydrogens is 277 g/mol. The summed E-state index contributed by atoms with van der Waals surface area (Å²) in [6.45, 7) is 5.63. The van der Waals surface area contributed by atoms with Crippen LogP contribution in [0.4, 0.5) is 4.39 Å². The number of halogens is 2. The van der Waals surface area contributed by atoms with Gasteiger partial charge < -0.3 is 5.32 Å². The SMILES string of the molecule is CNC(Cc1c(F)cccc1Cl)C1CN2CCN1CC2. The number of piperazine rings is 3. The molecule has 3 nitrogen and oxygen atoms in total. The lowest BCUT2D eigenvalue weighted by atomic mass is 9.94. The standard InChI is InChI=1S/C15H21ClFN3/c1-18-14(9-11-12(16)3-2-4-13(11)17)15-10-19-5-7-20(15)8-6-19/h2-4,14-15,18H,5-10H2,1H3. The Labute approximate surface area is 124 Å². The van der Waals surface area contributed by atoms with Crippen LogP contribution in [0.5, 0.6) is 0 Å². The summed E-state index contributed by atoms with van der Waals surface area (Å²) >= 11 is 6.16. The average Bonchev–Trinajstić information content (AvgIpc) is 2.48. The van der Waals surface area contributed by atoms with Gasteiger partial charge in [0, 0.05) is 55.4 Å². The van der Waals surface area contributed by atoms with Crippen molar-refractivity contribution in [3.8, 4) is 0 Å². The molecule has 0 amide bonds. The van der Waals surface area contributed by atoms with Crippen LogP contribution >= 0.6 is 11.6 Å². The zero-order valence-electron chi connectivity index (χ0n) is 11.8. The minimum Gasteiger partial charge on any atom is -0.315 e. The van der Waals surface area contributed by atoms with E-state index in [2.05, 4.69) is 15.1 Å². The van der Waals surface area contributed by atoms with Crippen molar-refractivity contribution in [2.45, 2.75) is 18.5 Å². The van der Waals surface area contributed by atoms with E-state index in [9.17, 15) is 4.39 Å². The molecule has 0 spiro atoms. The minimum absolute atomic E-state index is 0.200. The Kier molecular flexibility index (Phi) is 4.26. The monoisotopic (exact) mass is 297 g/mol. The summed E-state index contributed by atoms with van der Waals surface area (Å²) in [6.07, 6.45) is 0.636. The Bertz CT molecular complexity index is 454. The maximum Gasteiger partial charge on any atom is 0.127 e. The molecule has 110 valence electrons. The van der Waals surface area contributed by atoms with Gasteiger partial charge in [0.15, 0.2) is 0 Å². The lowest BCUT2D eigenvalue weighted by Gasteiger charge is -2.50. The first-order chi connectivity index (χ1) is 9.69. The van der Waals surface area contributed by atoms with Gasteiger partial charge in [-0.2, -0.15) is 0 Å². The molecule has 3 fully saturated rings. The number of hydrogen-bond donors (Lipinski definition) is 1. The second-order valence-electron chi connectivity index (χ2n) is 5.70. The van der Waals surface area contributed by atoms with Gasteiger partial charge in [-0.1, -0.05) is 17.7 Å². The van der Waals surface area contributed by atoms with Crippen LogP contribution in [0.25, 0.3) is 0 Å². The van der Waals surface area contributed by atoms with Crippen LogP contribution in [0.1, 0.15) is 5.56 Å². The molecule has 3 saturated heterocycles. The first kappa shape index (κ1) is 14.3. The van der Waals surface area contributed by atoms with E-state index >= 15 is 0 Å². The largest absolute Gasteiger partial charge is 0.315 e. The zero-order chi connectivity index (χ0) is 14.1. The van der Waals surface area contributed by atoms with Crippen LogP contribution in [0.15, 0.2) is 18.2 Å². The fraction of sp³-hybridized carbons (Fsp3) is 0.600. The van der Waals surface area contributed by atoms with Crippen molar-refractivity contribution in [3.05, 3.63) is 34.6 Å². The fourth-order valence-electron chi connectivity index (χ4n) is 3.42. The molecule has 5 heteroatoms. The van der Waals surface area contributed by atoms with E-state index in [0.29, 0.717) is 23.0 Å². The molecular formula is C15H21ClFN3. The van der Waals surface area contributed by atoms with Crippen molar-refractivity contribution in [1.82, 2.24) is 15.1 Å². The van der Waals surface area contributed by atoms with Gasteiger partial charge in [0.1, 0.15) is 5.82 Å². The van der Waals surface area contributed by atoms with E-state index in [1.54, 1.807) is 12.1 Å². The Morgan fingerprint density at radius 3 is 2.65 bits per heavy atom. The smallest absolute Gasteiger partial charge is 0.127 e. The van der Waals surface area contributed by atoms with Gasteiger partial charge in [-0.25, -0.2) is 4.39 Å². The highest BCUT2D eigenvalue weighted by Crippen LogP contribution is 2.24. The quantitative estimate of drug-likeness (QED) is 0.911. The molecule has 3 aliphatic rings. The van der Waals surface area contributed by atoms with Gasteiger partial charge in [-0.05, 0) is 25.6 Å². The van der Waals surface area contributed by atoms with Gasteiger partial charge >= 0.3 is 0 Å². The Hall–Kier alpha value is -0.680. The average molecular weight is 298 g/mol. The highest BCUT2D eigenvalue weighted by molar-refractivity contribution is 6.31. The van der Waals surface area contributed by atoms with Gasteiger partial charge in [-0.3, -0.25) is 9.80 Å². The predicted molar refractivity (Wildman–Crippen MR) is 79.8 cm³/mol. The summed E-state index contributed by atoms with van der Waals surface area (Å²) in [5, 5.41) is 3.90. The van der Waals surface area contributed by atoms with Crippen molar-refractivity contribution in [1.29, 1.82) is 0 Å². The van der Waals surface area contributed by atoms with Crippen LogP contribution in [-0.2, 0) is 6.42 Å². The van der Waals surface area contributed by atoms with Crippen molar-refractivity contribution in [2.75, 3.05) is 39.8 Å². The number of fused-ring (bicyclic) bond motifs is 3. The van der Waals surface area contributed by atoms with Crippen LogP contribution in [0, 0.1) is 5.82 Å². The van der Waals surface area contributed by atoms with E-state index in [4.69, 9.17) is 11.6 Å². The molecule has 3 aliphatic heterocycles. The number of rotatable bonds is 4. The molecule has 0 saturated carbocycles. The number of nitrogens with one attached hydrogen (secondary N) is 1. The fourth-order valence-corrected chi connectivity index (χ4v) is 3.66. The molecule has 1 N–H and O–H groups in total. The Morgan fingerprint density at radius 1 is 1.35 bits per heavy atom. The third kappa shape index (κ3) is 2.70. The summed E-state index contributed by atoms with van der Waals surface area (Å²) in [7, 11) is 1.96. The first-order valence-corrected chi connectivity index (χ1v) is 7.63. The minimum atomic E-state index is -0.200. The maximum atomic E-state index is 14.0. The van der Waals surface area contributed by atoms with Crippen molar-refractivity contribution >= 4 is 11.6 Å². The highest BCUT2D eigenvalue weighted by Gasteiger charge is 2.36. The predicted octanol–water partition coefficient (Wildman–Crippen LogP) is 1.61. The van der Waals surface area contributed by atoms with Gasteiger partial charge in [0.05, 0.1) is 0 Å². The van der Waals surface area contributed by atoms with Crippen molar-refractivity contribution in [2.24, 2.45) is 0 Å². The third-order valence-corrected chi connectivity index (χ3v) is 5.00. The summed E-state index contributed by atoms with van der Waals surface area (Å²) < 4.78 is 14.0. The zero-order valence-corrected chi connectivity index (χ0v) is 12.5.